The minimum Gasteiger partial charge on any atom is -0.195 e. The number of alkyl halides is 12. The summed E-state index contributed by atoms with van der Waals surface area (Å²) >= 11 is 30.2. The SMILES string of the molecule is IC(I)(I)c1ccc([B-](c2ccc(C(I)(I)I)cc2)(c2ccc(C(I)(I)I)cc2)c2ccc(C(I)(I)I)cc2)cc1.[H+]. The molecule has 4 aromatic carbocycles. The Morgan fingerprint density at radius 2 is 0.439 bits per heavy atom. The van der Waals surface area contributed by atoms with Gasteiger partial charge in [0.1, 0.15) is 3.89 Å². The van der Waals surface area contributed by atoms with E-state index in [0.717, 1.165) is 0 Å². The van der Waals surface area contributed by atoms with Gasteiger partial charge >= 0.3 is 1.43 Å². The molecule has 0 heterocycles. The summed E-state index contributed by atoms with van der Waals surface area (Å²) in [5, 5.41) is 0. The van der Waals surface area contributed by atoms with Crippen LogP contribution in [0.4, 0.5) is 0 Å². The monoisotopic (exact) mass is 1890 g/mol. The van der Waals surface area contributed by atoms with Gasteiger partial charge in [-0.2, -0.15) is 21.9 Å². The first-order valence-electron chi connectivity index (χ1n) is 11.7. The largest absolute Gasteiger partial charge is 1.00 e. The molecule has 0 unspecified atom stereocenters. The maximum absolute atomic E-state index is 2.51. The molecule has 0 aromatic heterocycles. The third-order valence-electron chi connectivity index (χ3n) is 6.95. The summed E-state index contributed by atoms with van der Waals surface area (Å²) in [7, 11) is 0. The molecule has 4 aromatic rings. The Morgan fingerprint density at radius 1 is 0.293 bits per heavy atom. The van der Waals surface area contributed by atoms with Crippen molar-refractivity contribution >= 4 is 299 Å². The van der Waals surface area contributed by atoms with Crippen LogP contribution in [0.1, 0.15) is 23.7 Å². The molecule has 0 bridgehead atoms. The van der Waals surface area contributed by atoms with Gasteiger partial charge in [0.05, 0.1) is 0 Å². The second-order valence-electron chi connectivity index (χ2n) is 9.35. The maximum atomic E-state index is 2.51. The van der Waals surface area contributed by atoms with Crippen LogP contribution in [-0.2, 0) is -2.26 Å². The van der Waals surface area contributed by atoms with Crippen molar-refractivity contribution < 1.29 is 1.43 Å². The standard InChI is InChI=1S/C28H16BI12/c30-25(31,32)17-1-9-21(10-2-17)29(22-11-3-18(4-12-22)26(33,34)35,23-13-5-19(6-14-23)27(36,37)38)24-15-7-20(8-16-24)28(39,40)41/h1-16H/q-1/p+1. The lowest BCUT2D eigenvalue weighted by molar-refractivity contribution is 1.42. The molecule has 0 aliphatic rings. The van der Waals surface area contributed by atoms with Gasteiger partial charge in [-0.05, 0) is 293 Å². The molecule has 216 valence electrons. The van der Waals surface area contributed by atoms with Gasteiger partial charge in [0.15, 0.2) is 0 Å². The predicted octanol–water partition coefficient (Wildman–Crippen LogP) is 12.8. The summed E-state index contributed by atoms with van der Waals surface area (Å²) < 4.78 is 0.0198. The number of benzene rings is 4. The number of rotatable bonds is 8. The van der Waals surface area contributed by atoms with E-state index in [0.29, 0.717) is 0 Å². The fourth-order valence-electron chi connectivity index (χ4n) is 5.00. The smallest absolute Gasteiger partial charge is 0.195 e. The van der Waals surface area contributed by atoms with Gasteiger partial charge < -0.3 is 0 Å². The van der Waals surface area contributed by atoms with E-state index in [9.17, 15) is 0 Å². The quantitative estimate of drug-likeness (QED) is 0.0937. The van der Waals surface area contributed by atoms with Crippen LogP contribution in [-0.4, -0.2) is 6.15 Å². The summed E-state index contributed by atoms with van der Waals surface area (Å²) in [6.07, 6.45) is -1.46. The molecule has 0 fully saturated rings. The van der Waals surface area contributed by atoms with E-state index < -0.39 is 6.15 Å². The average molecular weight is 1890 g/mol. The highest BCUT2D eigenvalue weighted by Crippen LogP contribution is 2.48. The topological polar surface area (TPSA) is 0 Å². The van der Waals surface area contributed by atoms with Crippen molar-refractivity contribution in [3.63, 3.8) is 0 Å². The van der Waals surface area contributed by atoms with Gasteiger partial charge in [-0.15, -0.1) is 0 Å². The molecule has 41 heavy (non-hydrogen) atoms. The molecular formula is C28H17BI12. The lowest BCUT2D eigenvalue weighted by atomic mass is 9.13. The molecule has 0 atom stereocenters. The van der Waals surface area contributed by atoms with Crippen molar-refractivity contribution in [1.29, 1.82) is 0 Å². The zero-order chi connectivity index (χ0) is 30.4. The van der Waals surface area contributed by atoms with Crippen LogP contribution in [0.15, 0.2) is 97.1 Å². The molecule has 0 aliphatic heterocycles. The molecule has 0 radical (unpaired) electrons. The lowest BCUT2D eigenvalue weighted by Gasteiger charge is -2.45. The predicted molar refractivity (Wildman–Crippen MR) is 286 cm³/mol. The van der Waals surface area contributed by atoms with Crippen LogP contribution in [0.5, 0.6) is 0 Å². The Hall–Kier alpha value is 5.70. The van der Waals surface area contributed by atoms with E-state index in [1.54, 1.807) is 0 Å². The normalized spacial score (nSPS) is 13.4. The van der Waals surface area contributed by atoms with E-state index in [-0.39, 0.29) is -0.833 Å². The zero-order valence-electron chi connectivity index (χ0n) is 21.4. The average Bonchev–Trinajstić information content (AvgIpc) is 2.88. The van der Waals surface area contributed by atoms with Gasteiger partial charge in [0, 0.05) is 0 Å². The second-order valence-corrected chi connectivity index (χ2v) is 53.5. The van der Waals surface area contributed by atoms with Crippen molar-refractivity contribution in [1.82, 2.24) is 0 Å². The Balaban J connectivity index is 0.00000484. The minimum absolute atomic E-state index is 0. The van der Waals surface area contributed by atoms with E-state index >= 15 is 0 Å². The van der Waals surface area contributed by atoms with Crippen molar-refractivity contribution in [3.05, 3.63) is 119 Å². The fraction of sp³-hybridized carbons (Fsp3) is 0.143. The summed E-state index contributed by atoms with van der Waals surface area (Å²) in [5.41, 5.74) is 10.6. The van der Waals surface area contributed by atoms with E-state index in [4.69, 9.17) is 0 Å². The molecule has 0 spiro atoms. The van der Waals surface area contributed by atoms with Gasteiger partial charge in [0.2, 0.25) is 0 Å². The van der Waals surface area contributed by atoms with Crippen molar-refractivity contribution in [2.24, 2.45) is 0 Å². The summed E-state index contributed by atoms with van der Waals surface area (Å²) in [6.45, 7) is 0. The number of hydrogen-bond donors (Lipinski definition) is 0. The highest BCUT2D eigenvalue weighted by atomic mass is 127. The third kappa shape index (κ3) is 9.94. The molecular weight excluding hydrogens is 1870 g/mol. The van der Waals surface area contributed by atoms with Crippen LogP contribution in [0, 0.1) is 0 Å². The Bertz CT molecular complexity index is 1250. The van der Waals surface area contributed by atoms with E-state index in [1.807, 2.05) is 0 Å². The van der Waals surface area contributed by atoms with Crippen LogP contribution in [0.3, 0.4) is 0 Å². The highest BCUT2D eigenvalue weighted by Gasteiger charge is 2.34. The van der Waals surface area contributed by atoms with Crippen LogP contribution in [0.2, 0.25) is 0 Å². The van der Waals surface area contributed by atoms with Crippen LogP contribution >= 0.6 is 271 Å². The Kier molecular flexibility index (Phi) is 15.4. The molecule has 4 rings (SSSR count). The zero-order valence-corrected chi connectivity index (χ0v) is 46.2. The van der Waals surface area contributed by atoms with E-state index in [1.165, 1.54) is 44.1 Å². The molecule has 0 saturated carbocycles. The summed E-state index contributed by atoms with van der Waals surface area (Å²) in [4.78, 5) is 0. The Labute approximate surface area is 407 Å². The van der Waals surface area contributed by atoms with E-state index in [2.05, 4.69) is 368 Å². The first kappa shape index (κ1) is 39.5. The molecule has 0 nitrogen and oxygen atoms in total. The molecule has 0 saturated heterocycles. The van der Waals surface area contributed by atoms with Gasteiger partial charge in [-0.1, -0.05) is 97.1 Å². The van der Waals surface area contributed by atoms with Crippen molar-refractivity contribution in [3.8, 4) is 0 Å². The second kappa shape index (κ2) is 15.9. The lowest BCUT2D eigenvalue weighted by Crippen LogP contribution is -2.74. The molecule has 0 amide bonds. The van der Waals surface area contributed by atoms with Gasteiger partial charge in [-0.3, -0.25) is 0 Å². The minimum atomic E-state index is -1.46. The number of hydrogen-bond acceptors (Lipinski definition) is 0. The van der Waals surface area contributed by atoms with Crippen molar-refractivity contribution in [2.75, 3.05) is 0 Å². The molecule has 13 heteroatoms. The molecule has 0 aliphatic carbocycles. The first-order chi connectivity index (χ1) is 18.8. The van der Waals surface area contributed by atoms with Gasteiger partial charge in [-0.25, -0.2) is 0 Å². The van der Waals surface area contributed by atoms with Crippen LogP contribution < -0.4 is 21.9 Å². The van der Waals surface area contributed by atoms with Crippen LogP contribution in [0.25, 0.3) is 0 Å². The third-order valence-corrected chi connectivity index (χ3v) is 14.4. The first-order valence-corrected chi connectivity index (χ1v) is 24.7. The highest BCUT2D eigenvalue weighted by molar-refractivity contribution is 14.3. The molecule has 0 N–H and O–H groups in total. The summed E-state index contributed by atoms with van der Waals surface area (Å²) in [5.74, 6) is 0. The maximum Gasteiger partial charge on any atom is 1.00 e. The number of halogens is 12. The Morgan fingerprint density at radius 3 is 0.561 bits per heavy atom. The fourth-order valence-corrected chi connectivity index (χ4v) is 9.31. The van der Waals surface area contributed by atoms with Crippen molar-refractivity contribution in [2.45, 2.75) is -2.26 Å². The summed E-state index contributed by atoms with van der Waals surface area (Å²) in [6, 6.07) is 37.5. The van der Waals surface area contributed by atoms with Gasteiger partial charge in [0.25, 0.3) is 0 Å².